The molecule has 1 aromatic carbocycles. The Labute approximate surface area is 181 Å². The molecular formula is C12H17N2Y3. The average Bonchev–Trinajstić information content (AvgIpc) is 2.16. The standard InChI is InChI=1S/C12H17N2.3Y/c1-9(2)11(13)8-14-12-7-5-4-6-10(12)3;;;/h4-7,9,11,13H,3,8H2,1-2H3;;;/q-3;;;+3. The van der Waals surface area contributed by atoms with E-state index >= 15 is 0 Å². The van der Waals surface area contributed by atoms with Crippen molar-refractivity contribution in [2.75, 3.05) is 6.54 Å². The Morgan fingerprint density at radius 2 is 1.76 bits per heavy atom. The maximum atomic E-state index is 7.73. The minimum absolute atomic E-state index is 0. The van der Waals surface area contributed by atoms with Crippen LogP contribution in [0.5, 0.6) is 0 Å². The molecule has 0 aromatic heterocycles. The minimum atomic E-state index is -0.116. The van der Waals surface area contributed by atoms with Crippen LogP contribution in [0.3, 0.4) is 0 Å². The van der Waals surface area contributed by atoms with E-state index in [-0.39, 0.29) is 104 Å². The molecular weight excluding hydrogens is 439 g/mol. The number of rotatable bonds is 4. The van der Waals surface area contributed by atoms with Crippen molar-refractivity contribution < 1.29 is 98.1 Å². The second-order valence-corrected chi connectivity index (χ2v) is 3.82. The van der Waals surface area contributed by atoms with E-state index in [2.05, 4.69) is 12.2 Å². The third kappa shape index (κ3) is 9.66. The van der Waals surface area contributed by atoms with E-state index < -0.39 is 0 Å². The van der Waals surface area contributed by atoms with E-state index in [1.54, 1.807) is 0 Å². The first-order valence-electron chi connectivity index (χ1n) is 4.91. The van der Waals surface area contributed by atoms with E-state index in [9.17, 15) is 0 Å². The second-order valence-electron chi connectivity index (χ2n) is 3.82. The normalized spacial score (nSPS) is 10.6. The van der Waals surface area contributed by atoms with E-state index in [1.807, 2.05) is 38.1 Å². The Morgan fingerprint density at radius 3 is 2.24 bits per heavy atom. The van der Waals surface area contributed by atoms with Crippen LogP contribution in [0.15, 0.2) is 24.3 Å². The van der Waals surface area contributed by atoms with E-state index in [0.717, 1.165) is 11.3 Å². The Kier molecular flexibility index (Phi) is 18.7. The number of hydrogen-bond donors (Lipinski definition) is 0. The average molecular weight is 456 g/mol. The fraction of sp³-hybridized carbons (Fsp3) is 0.417. The molecule has 0 aliphatic carbocycles. The monoisotopic (exact) mass is 456 g/mol. The maximum absolute atomic E-state index is 7.73. The van der Waals surface area contributed by atoms with Crippen molar-refractivity contribution in [1.29, 1.82) is 0 Å². The van der Waals surface area contributed by atoms with Crippen LogP contribution in [0.1, 0.15) is 19.4 Å². The van der Waals surface area contributed by atoms with Crippen LogP contribution in [0, 0.1) is 12.8 Å². The molecule has 0 heterocycles. The molecule has 0 saturated carbocycles. The molecule has 17 heavy (non-hydrogen) atoms. The molecule has 1 N–H and O–H groups in total. The molecule has 5 heteroatoms. The Hall–Kier alpha value is 2.16. The summed E-state index contributed by atoms with van der Waals surface area (Å²) < 4.78 is 0. The van der Waals surface area contributed by atoms with Crippen LogP contribution in [0.25, 0.3) is 11.1 Å². The first-order valence-corrected chi connectivity index (χ1v) is 4.91. The zero-order chi connectivity index (χ0) is 10.6. The predicted octanol–water partition coefficient (Wildman–Crippen LogP) is 3.94. The number of nitrogens with zero attached hydrogens (tertiary/aromatic N) is 1. The SMILES string of the molecule is [CH2-]c1ccccc1[N-]CC([NH-])C(C)C.[Y+3].[Y].[Y]. The Balaban J connectivity index is -0.000000653. The van der Waals surface area contributed by atoms with Crippen LogP contribution >= 0.6 is 0 Å². The van der Waals surface area contributed by atoms with Gasteiger partial charge < -0.3 is 11.1 Å². The molecule has 84 valence electrons. The fourth-order valence-electron chi connectivity index (χ4n) is 1.07. The molecule has 0 spiro atoms. The van der Waals surface area contributed by atoms with Crippen molar-refractivity contribution >= 4 is 5.69 Å². The summed E-state index contributed by atoms with van der Waals surface area (Å²) in [6.45, 7) is 8.54. The summed E-state index contributed by atoms with van der Waals surface area (Å²) in [7, 11) is 0. The minimum Gasteiger partial charge on any atom is -0.743 e. The molecule has 2 nitrogen and oxygen atoms in total. The molecule has 1 unspecified atom stereocenters. The van der Waals surface area contributed by atoms with Gasteiger partial charge in [-0.25, -0.2) is 12.5 Å². The van der Waals surface area contributed by atoms with Crippen LogP contribution < -0.4 is 0 Å². The summed E-state index contributed by atoms with van der Waals surface area (Å²) in [6.07, 6.45) is 0. The molecule has 0 amide bonds. The van der Waals surface area contributed by atoms with E-state index in [4.69, 9.17) is 5.73 Å². The van der Waals surface area contributed by atoms with Gasteiger partial charge in [0.05, 0.1) is 0 Å². The third-order valence-electron chi connectivity index (χ3n) is 2.25. The van der Waals surface area contributed by atoms with Gasteiger partial charge in [0, 0.05) is 65.4 Å². The van der Waals surface area contributed by atoms with E-state index in [0.29, 0.717) is 12.5 Å². The second kappa shape index (κ2) is 13.2. The predicted molar refractivity (Wildman–Crippen MR) is 61.7 cm³/mol. The molecule has 0 fully saturated rings. The van der Waals surface area contributed by atoms with Gasteiger partial charge in [0.2, 0.25) is 0 Å². The summed E-state index contributed by atoms with van der Waals surface area (Å²) in [6, 6.07) is 7.65. The number of benzene rings is 1. The molecule has 0 saturated heterocycles. The van der Waals surface area contributed by atoms with Crippen LogP contribution in [-0.4, -0.2) is 12.6 Å². The van der Waals surface area contributed by atoms with E-state index in [1.165, 1.54) is 0 Å². The Bertz CT molecular complexity index is 293. The number of nitrogens with one attached hydrogen (secondary N) is 1. The fourth-order valence-corrected chi connectivity index (χ4v) is 1.07. The van der Waals surface area contributed by atoms with Gasteiger partial charge in [0.1, 0.15) is 0 Å². The molecule has 0 bridgehead atoms. The van der Waals surface area contributed by atoms with Gasteiger partial charge in [0.25, 0.3) is 0 Å². The summed E-state index contributed by atoms with van der Waals surface area (Å²) in [5, 5.41) is 4.38. The van der Waals surface area contributed by atoms with Gasteiger partial charge in [-0.05, 0) is 0 Å². The first-order chi connectivity index (χ1) is 6.61. The third-order valence-corrected chi connectivity index (χ3v) is 2.25. The zero-order valence-corrected chi connectivity index (χ0v) is 19.1. The van der Waals surface area contributed by atoms with Crippen molar-refractivity contribution in [3.8, 4) is 0 Å². The maximum Gasteiger partial charge on any atom is 3.00 e. The van der Waals surface area contributed by atoms with Crippen LogP contribution in [0.2, 0.25) is 0 Å². The molecule has 1 atom stereocenters. The summed E-state index contributed by atoms with van der Waals surface area (Å²) in [5.74, 6) is 0.357. The van der Waals surface area contributed by atoms with Crippen molar-refractivity contribution in [3.05, 3.63) is 47.8 Å². The molecule has 0 aliphatic rings. The Morgan fingerprint density at radius 1 is 1.24 bits per heavy atom. The quantitative estimate of drug-likeness (QED) is 0.617. The summed E-state index contributed by atoms with van der Waals surface area (Å²) >= 11 is 0. The summed E-state index contributed by atoms with van der Waals surface area (Å²) in [5.41, 5.74) is 9.57. The summed E-state index contributed by atoms with van der Waals surface area (Å²) in [4.78, 5) is 0. The largest absolute Gasteiger partial charge is 3.00 e. The molecule has 2 radical (unpaired) electrons. The molecule has 1 aromatic rings. The number of para-hydroxylation sites is 1. The smallest absolute Gasteiger partial charge is 0.743 e. The van der Waals surface area contributed by atoms with Gasteiger partial charge in [-0.15, -0.1) is 12.1 Å². The molecule has 0 aliphatic heterocycles. The van der Waals surface area contributed by atoms with Gasteiger partial charge in [-0.1, -0.05) is 25.8 Å². The van der Waals surface area contributed by atoms with Gasteiger partial charge >= 0.3 is 32.7 Å². The van der Waals surface area contributed by atoms with Gasteiger partial charge in [-0.2, -0.15) is 18.7 Å². The van der Waals surface area contributed by atoms with Crippen molar-refractivity contribution in [2.45, 2.75) is 19.9 Å². The van der Waals surface area contributed by atoms with Crippen LogP contribution in [-0.2, 0) is 98.1 Å². The topological polar surface area (TPSA) is 37.9 Å². The van der Waals surface area contributed by atoms with Crippen LogP contribution in [0.4, 0.5) is 5.69 Å². The van der Waals surface area contributed by atoms with Crippen molar-refractivity contribution in [3.63, 3.8) is 0 Å². The van der Waals surface area contributed by atoms with Crippen molar-refractivity contribution in [2.24, 2.45) is 5.92 Å². The zero-order valence-electron chi connectivity index (χ0n) is 10.6. The van der Waals surface area contributed by atoms with Gasteiger partial charge in [0.15, 0.2) is 0 Å². The first kappa shape index (κ1) is 24.2. The van der Waals surface area contributed by atoms with Crippen molar-refractivity contribution in [1.82, 2.24) is 0 Å². The number of hydrogen-bond acceptors (Lipinski definition) is 0. The van der Waals surface area contributed by atoms with Gasteiger partial charge in [-0.3, -0.25) is 5.69 Å². The molecule has 1 rings (SSSR count).